The number of hydrogen-bond acceptors (Lipinski definition) is 1. The van der Waals surface area contributed by atoms with Crippen LogP contribution < -0.4 is 5.73 Å². The van der Waals surface area contributed by atoms with Crippen molar-refractivity contribution in [3.05, 3.63) is 0 Å². The second kappa shape index (κ2) is 5.53. The van der Waals surface area contributed by atoms with Gasteiger partial charge in [-0.15, -0.1) is 0 Å². The van der Waals surface area contributed by atoms with Gasteiger partial charge in [0.1, 0.15) is 0 Å². The lowest BCUT2D eigenvalue weighted by molar-refractivity contribution is -0.126. The summed E-state index contributed by atoms with van der Waals surface area (Å²) in [5, 5.41) is 0. The second-order valence-electron chi connectivity index (χ2n) is 5.38. The summed E-state index contributed by atoms with van der Waals surface area (Å²) >= 11 is 0. The summed E-state index contributed by atoms with van der Waals surface area (Å²) in [6.07, 6.45) is 6.00. The highest BCUT2D eigenvalue weighted by Gasteiger charge is 2.34. The van der Waals surface area contributed by atoms with Crippen LogP contribution in [0.15, 0.2) is 0 Å². The minimum absolute atomic E-state index is 0.0745. The van der Waals surface area contributed by atoms with Gasteiger partial charge in [-0.3, -0.25) is 4.79 Å². The van der Waals surface area contributed by atoms with Crippen LogP contribution >= 0.6 is 0 Å². The van der Waals surface area contributed by atoms with Crippen LogP contribution in [-0.4, -0.2) is 5.91 Å². The molecule has 88 valence electrons. The molecule has 1 aliphatic carbocycles. The van der Waals surface area contributed by atoms with Crippen molar-refractivity contribution in [2.24, 2.45) is 29.4 Å². The fourth-order valence-electron chi connectivity index (χ4n) is 3.08. The van der Waals surface area contributed by atoms with Crippen molar-refractivity contribution >= 4 is 5.91 Å². The van der Waals surface area contributed by atoms with Crippen molar-refractivity contribution in [3.63, 3.8) is 0 Å². The minimum atomic E-state index is -0.0745. The van der Waals surface area contributed by atoms with Gasteiger partial charge < -0.3 is 5.73 Å². The van der Waals surface area contributed by atoms with Crippen LogP contribution in [0.5, 0.6) is 0 Å². The lowest BCUT2D eigenvalue weighted by Gasteiger charge is -2.36. The number of rotatable bonds is 4. The van der Waals surface area contributed by atoms with E-state index in [1.165, 1.54) is 25.7 Å². The number of nitrogens with two attached hydrogens (primary N) is 1. The Hall–Kier alpha value is -0.530. The van der Waals surface area contributed by atoms with E-state index < -0.39 is 0 Å². The van der Waals surface area contributed by atoms with Crippen LogP contribution in [0, 0.1) is 23.7 Å². The third-order valence-corrected chi connectivity index (χ3v) is 3.93. The van der Waals surface area contributed by atoms with Gasteiger partial charge in [0.25, 0.3) is 0 Å². The maximum Gasteiger partial charge on any atom is 0.220 e. The molecule has 2 nitrogen and oxygen atoms in total. The summed E-state index contributed by atoms with van der Waals surface area (Å²) in [6, 6.07) is 0. The van der Waals surface area contributed by atoms with Crippen molar-refractivity contribution in [1.82, 2.24) is 0 Å². The summed E-state index contributed by atoms with van der Waals surface area (Å²) in [5.41, 5.74) is 5.51. The molecule has 0 radical (unpaired) electrons. The molecule has 3 atom stereocenters. The molecule has 0 heterocycles. The van der Waals surface area contributed by atoms with Gasteiger partial charge in [0.05, 0.1) is 0 Å². The van der Waals surface area contributed by atoms with Gasteiger partial charge in [0.2, 0.25) is 5.91 Å². The zero-order chi connectivity index (χ0) is 11.4. The Morgan fingerprint density at radius 1 is 1.40 bits per heavy atom. The van der Waals surface area contributed by atoms with E-state index in [4.69, 9.17) is 5.73 Å². The van der Waals surface area contributed by atoms with E-state index in [9.17, 15) is 4.79 Å². The highest BCUT2D eigenvalue weighted by atomic mass is 16.1. The van der Waals surface area contributed by atoms with E-state index >= 15 is 0 Å². The number of amides is 1. The molecule has 1 amide bonds. The summed E-state index contributed by atoms with van der Waals surface area (Å²) in [6.45, 7) is 6.63. The molecule has 0 spiro atoms. The molecule has 1 fully saturated rings. The predicted octanol–water partition coefficient (Wildman–Crippen LogP) is 2.96. The van der Waals surface area contributed by atoms with E-state index in [0.717, 1.165) is 12.3 Å². The van der Waals surface area contributed by atoms with Gasteiger partial charge in [-0.05, 0) is 30.6 Å². The molecule has 0 aromatic rings. The Morgan fingerprint density at radius 2 is 2.07 bits per heavy atom. The largest absolute Gasteiger partial charge is 0.369 e. The lowest BCUT2D eigenvalue weighted by Crippen LogP contribution is -2.37. The monoisotopic (exact) mass is 211 g/mol. The average Bonchev–Trinajstić information content (AvgIpc) is 2.17. The van der Waals surface area contributed by atoms with Gasteiger partial charge in [-0.25, -0.2) is 0 Å². The molecule has 3 unspecified atom stereocenters. The van der Waals surface area contributed by atoms with Crippen molar-refractivity contribution in [2.75, 3.05) is 0 Å². The first-order valence-corrected chi connectivity index (χ1v) is 6.35. The van der Waals surface area contributed by atoms with Crippen molar-refractivity contribution < 1.29 is 4.79 Å². The molecule has 1 rings (SSSR count). The van der Waals surface area contributed by atoms with Crippen molar-refractivity contribution in [2.45, 2.75) is 52.9 Å². The summed E-state index contributed by atoms with van der Waals surface area (Å²) in [4.78, 5) is 11.4. The fourth-order valence-corrected chi connectivity index (χ4v) is 3.08. The summed E-state index contributed by atoms with van der Waals surface area (Å²) in [7, 11) is 0. The molecule has 2 heteroatoms. The molecule has 0 bridgehead atoms. The highest BCUT2D eigenvalue weighted by Crippen LogP contribution is 2.39. The first kappa shape index (κ1) is 12.5. The molecule has 2 N–H and O–H groups in total. The third kappa shape index (κ3) is 3.22. The Bertz CT molecular complexity index is 213. The fraction of sp³-hybridized carbons (Fsp3) is 0.923. The predicted molar refractivity (Wildman–Crippen MR) is 63.3 cm³/mol. The first-order chi connectivity index (χ1) is 7.06. The zero-order valence-electron chi connectivity index (χ0n) is 10.3. The Balaban J connectivity index is 2.61. The Morgan fingerprint density at radius 3 is 2.53 bits per heavy atom. The number of primary amides is 1. The molecule has 0 saturated heterocycles. The van der Waals surface area contributed by atoms with Gasteiger partial charge in [-0.2, -0.15) is 0 Å². The third-order valence-electron chi connectivity index (χ3n) is 3.93. The average molecular weight is 211 g/mol. The van der Waals surface area contributed by atoms with E-state index in [1.54, 1.807) is 0 Å². The van der Waals surface area contributed by atoms with Crippen LogP contribution in [0.3, 0.4) is 0 Å². The van der Waals surface area contributed by atoms with Crippen LogP contribution in [-0.2, 0) is 4.79 Å². The van der Waals surface area contributed by atoms with Gasteiger partial charge in [0.15, 0.2) is 0 Å². The molecule has 1 saturated carbocycles. The van der Waals surface area contributed by atoms with E-state index in [1.807, 2.05) is 0 Å². The van der Waals surface area contributed by atoms with Crippen LogP contribution in [0.4, 0.5) is 0 Å². The maximum atomic E-state index is 11.4. The summed E-state index contributed by atoms with van der Waals surface area (Å²) in [5.74, 6) is 1.91. The lowest BCUT2D eigenvalue weighted by atomic mass is 9.68. The number of hydrogen-bond donors (Lipinski definition) is 1. The van der Waals surface area contributed by atoms with Crippen LogP contribution in [0.25, 0.3) is 0 Å². The van der Waals surface area contributed by atoms with Gasteiger partial charge >= 0.3 is 0 Å². The van der Waals surface area contributed by atoms with E-state index in [2.05, 4.69) is 20.8 Å². The molecular weight excluding hydrogens is 186 g/mol. The molecule has 0 aromatic carbocycles. The second-order valence-corrected chi connectivity index (χ2v) is 5.38. The first-order valence-electron chi connectivity index (χ1n) is 6.35. The smallest absolute Gasteiger partial charge is 0.220 e. The van der Waals surface area contributed by atoms with Crippen LogP contribution in [0.1, 0.15) is 52.9 Å². The van der Waals surface area contributed by atoms with Crippen LogP contribution in [0.2, 0.25) is 0 Å². The van der Waals surface area contributed by atoms with Crippen molar-refractivity contribution in [3.8, 4) is 0 Å². The molecule has 0 aromatic heterocycles. The van der Waals surface area contributed by atoms with Gasteiger partial charge in [-0.1, -0.05) is 40.0 Å². The minimum Gasteiger partial charge on any atom is -0.369 e. The topological polar surface area (TPSA) is 43.1 Å². The van der Waals surface area contributed by atoms with Crippen molar-refractivity contribution in [1.29, 1.82) is 0 Å². The molecule has 0 aliphatic heterocycles. The molecule has 1 aliphatic rings. The van der Waals surface area contributed by atoms with Gasteiger partial charge in [0, 0.05) is 5.92 Å². The Kier molecular flexibility index (Phi) is 4.62. The molecule has 15 heavy (non-hydrogen) atoms. The number of carbonyl (C=O) groups is 1. The zero-order valence-corrected chi connectivity index (χ0v) is 10.3. The Labute approximate surface area is 93.6 Å². The normalized spacial score (nSPS) is 31.9. The van der Waals surface area contributed by atoms with E-state index in [0.29, 0.717) is 11.8 Å². The SMILES string of the molecule is CCCC1CCC(C(C)C)C(C(N)=O)C1. The maximum absolute atomic E-state index is 11.4. The highest BCUT2D eigenvalue weighted by molar-refractivity contribution is 5.77. The molecular formula is C13H25NO. The standard InChI is InChI=1S/C13H25NO/c1-4-5-10-6-7-11(9(2)3)12(8-10)13(14)15/h9-12H,4-8H2,1-3H3,(H2,14,15). The number of carbonyl (C=O) groups excluding carboxylic acids is 1. The summed E-state index contributed by atoms with van der Waals surface area (Å²) < 4.78 is 0. The van der Waals surface area contributed by atoms with E-state index in [-0.39, 0.29) is 11.8 Å². The quantitative estimate of drug-likeness (QED) is 0.763.